The third-order valence-electron chi connectivity index (χ3n) is 8.37. The van der Waals surface area contributed by atoms with Crippen molar-refractivity contribution in [2.45, 2.75) is 70.8 Å². The number of nitrogens with zero attached hydrogens (tertiary/aromatic N) is 1. The maximum atomic E-state index is 4.53. The van der Waals surface area contributed by atoms with Crippen LogP contribution in [-0.4, -0.2) is 11.0 Å². The van der Waals surface area contributed by atoms with Gasteiger partial charge in [0.15, 0.2) is 0 Å². The second-order valence-electron chi connectivity index (χ2n) is 10.6. The fraction of sp³-hybridized carbons (Fsp3) is 0.382. The highest BCUT2D eigenvalue weighted by molar-refractivity contribution is 5.79. The van der Waals surface area contributed by atoms with Crippen LogP contribution < -0.4 is 5.32 Å². The zero-order valence-electron chi connectivity index (χ0n) is 21.8. The van der Waals surface area contributed by atoms with E-state index in [2.05, 4.69) is 84.6 Å². The van der Waals surface area contributed by atoms with E-state index in [0.29, 0.717) is 0 Å². The second-order valence-corrected chi connectivity index (χ2v) is 10.6. The largest absolute Gasteiger partial charge is 0.381 e. The molecule has 0 amide bonds. The van der Waals surface area contributed by atoms with E-state index in [1.54, 1.807) is 0 Å². The SMILES string of the molecule is C=CNC(/C=C(\C)C1=CCC=C(c2cncc3c2CCC=C3)C=C1)C1=CCCC(C2CC=CCC2)C1. The van der Waals surface area contributed by atoms with Crippen LogP contribution in [0.4, 0.5) is 0 Å². The van der Waals surface area contributed by atoms with E-state index in [9.17, 15) is 0 Å². The Labute approximate surface area is 217 Å². The lowest BCUT2D eigenvalue weighted by Gasteiger charge is -2.33. The number of allylic oxidation sites excluding steroid dienone is 11. The van der Waals surface area contributed by atoms with Gasteiger partial charge in [-0.2, -0.15) is 0 Å². The van der Waals surface area contributed by atoms with Crippen LogP contribution in [0.25, 0.3) is 11.6 Å². The molecule has 4 aliphatic rings. The summed E-state index contributed by atoms with van der Waals surface area (Å²) in [4.78, 5) is 4.53. The van der Waals surface area contributed by atoms with Gasteiger partial charge in [0.25, 0.3) is 0 Å². The van der Waals surface area contributed by atoms with Gasteiger partial charge in [0.1, 0.15) is 0 Å². The van der Waals surface area contributed by atoms with Crippen LogP contribution in [0.5, 0.6) is 0 Å². The molecule has 0 saturated heterocycles. The minimum Gasteiger partial charge on any atom is -0.381 e. The van der Waals surface area contributed by atoms with Crippen molar-refractivity contribution in [2.24, 2.45) is 11.8 Å². The number of rotatable bonds is 7. The first kappa shape index (κ1) is 24.6. The fourth-order valence-electron chi connectivity index (χ4n) is 6.34. The summed E-state index contributed by atoms with van der Waals surface area (Å²) >= 11 is 0. The summed E-state index contributed by atoms with van der Waals surface area (Å²) in [7, 11) is 0. The summed E-state index contributed by atoms with van der Waals surface area (Å²) in [5.74, 6) is 1.65. The number of pyridine rings is 1. The molecular formula is C34H40N2. The van der Waals surface area contributed by atoms with Crippen molar-refractivity contribution < 1.29 is 0 Å². The molecule has 0 bridgehead atoms. The zero-order valence-corrected chi connectivity index (χ0v) is 21.8. The normalized spacial score (nSPS) is 24.7. The Balaban J connectivity index is 1.32. The molecule has 0 fully saturated rings. The van der Waals surface area contributed by atoms with Gasteiger partial charge in [-0.05, 0) is 116 Å². The van der Waals surface area contributed by atoms with Gasteiger partial charge in [-0.1, -0.05) is 67.3 Å². The van der Waals surface area contributed by atoms with Gasteiger partial charge in [-0.25, -0.2) is 0 Å². The maximum Gasteiger partial charge on any atom is 0.0658 e. The molecule has 36 heavy (non-hydrogen) atoms. The lowest BCUT2D eigenvalue weighted by molar-refractivity contribution is 0.278. The van der Waals surface area contributed by atoms with Crippen LogP contribution >= 0.6 is 0 Å². The minimum absolute atomic E-state index is 0.214. The van der Waals surface area contributed by atoms with Gasteiger partial charge in [0.2, 0.25) is 0 Å². The average Bonchev–Trinajstić information content (AvgIpc) is 3.19. The maximum absolute atomic E-state index is 4.53. The van der Waals surface area contributed by atoms with Crippen LogP contribution in [-0.2, 0) is 6.42 Å². The predicted molar refractivity (Wildman–Crippen MR) is 154 cm³/mol. The van der Waals surface area contributed by atoms with Crippen molar-refractivity contribution in [2.75, 3.05) is 0 Å². The van der Waals surface area contributed by atoms with Gasteiger partial charge >= 0.3 is 0 Å². The number of hydrogen-bond acceptors (Lipinski definition) is 2. The van der Waals surface area contributed by atoms with Crippen molar-refractivity contribution in [3.63, 3.8) is 0 Å². The summed E-state index contributed by atoms with van der Waals surface area (Å²) in [6, 6.07) is 0.214. The first-order valence-electron chi connectivity index (χ1n) is 13.8. The zero-order chi connectivity index (χ0) is 24.7. The van der Waals surface area contributed by atoms with Gasteiger partial charge in [0, 0.05) is 18.0 Å². The third kappa shape index (κ3) is 5.64. The molecule has 1 N–H and O–H groups in total. The molecule has 186 valence electrons. The van der Waals surface area contributed by atoms with Crippen LogP contribution in [0.15, 0.2) is 96.6 Å². The molecule has 0 radical (unpaired) electrons. The molecule has 5 rings (SSSR count). The Morgan fingerprint density at radius 3 is 2.78 bits per heavy atom. The summed E-state index contributed by atoms with van der Waals surface area (Å²) in [6.07, 6.45) is 40.0. The molecule has 3 unspecified atom stereocenters. The summed E-state index contributed by atoms with van der Waals surface area (Å²) in [5, 5.41) is 3.56. The van der Waals surface area contributed by atoms with Crippen LogP contribution in [0.1, 0.15) is 75.0 Å². The molecule has 1 aromatic rings. The third-order valence-corrected chi connectivity index (χ3v) is 8.37. The minimum atomic E-state index is 0.214. The summed E-state index contributed by atoms with van der Waals surface area (Å²) in [6.45, 7) is 6.25. The Kier molecular flexibility index (Phi) is 8.01. The molecule has 0 spiro atoms. The van der Waals surface area contributed by atoms with E-state index in [4.69, 9.17) is 0 Å². The van der Waals surface area contributed by atoms with Crippen molar-refractivity contribution in [3.8, 4) is 0 Å². The van der Waals surface area contributed by atoms with Crippen LogP contribution in [0.2, 0.25) is 0 Å². The van der Waals surface area contributed by atoms with Crippen LogP contribution in [0.3, 0.4) is 0 Å². The molecular weight excluding hydrogens is 436 g/mol. The predicted octanol–water partition coefficient (Wildman–Crippen LogP) is 8.44. The van der Waals surface area contributed by atoms with E-state index in [0.717, 1.165) is 31.1 Å². The highest BCUT2D eigenvalue weighted by Crippen LogP contribution is 2.38. The van der Waals surface area contributed by atoms with Crippen LogP contribution in [0, 0.1) is 11.8 Å². The lowest BCUT2D eigenvalue weighted by atomic mass is 9.74. The number of aromatic nitrogens is 1. The van der Waals surface area contributed by atoms with E-state index < -0.39 is 0 Å². The first-order valence-corrected chi connectivity index (χ1v) is 13.8. The Bertz CT molecular complexity index is 1180. The molecule has 3 atom stereocenters. The second kappa shape index (κ2) is 11.7. The van der Waals surface area contributed by atoms with Crippen molar-refractivity contribution in [3.05, 3.63) is 113 Å². The van der Waals surface area contributed by atoms with Crippen molar-refractivity contribution in [1.29, 1.82) is 0 Å². The first-order chi connectivity index (χ1) is 17.7. The monoisotopic (exact) mass is 476 g/mol. The number of hydrogen-bond donors (Lipinski definition) is 1. The fourth-order valence-corrected chi connectivity index (χ4v) is 6.34. The highest BCUT2D eigenvalue weighted by Gasteiger charge is 2.27. The Morgan fingerprint density at radius 1 is 1.00 bits per heavy atom. The van der Waals surface area contributed by atoms with Crippen molar-refractivity contribution >= 4 is 11.6 Å². The summed E-state index contributed by atoms with van der Waals surface area (Å²) in [5.41, 5.74) is 9.43. The van der Waals surface area contributed by atoms with Gasteiger partial charge in [-0.3, -0.25) is 4.98 Å². The quantitative estimate of drug-likeness (QED) is 0.399. The molecule has 0 saturated carbocycles. The van der Waals surface area contributed by atoms with E-state index >= 15 is 0 Å². The molecule has 2 heteroatoms. The molecule has 1 heterocycles. The number of fused-ring (bicyclic) bond motifs is 1. The standard InChI is InChI=1S/C34H40N2/c1-3-36-34(30-17-10-16-29(22-30)27-11-5-4-6-12-27)21-25(2)26-14-9-15-28(20-19-26)33-24-35-23-31-13-7-8-18-32(31)33/h3-5,7,13-15,17,19-21,23-24,27,29,34,36H,1,6,8-12,16,18,22H2,2H3/b25-21+. The molecule has 0 aliphatic heterocycles. The van der Waals surface area contributed by atoms with Gasteiger partial charge < -0.3 is 5.32 Å². The molecule has 4 aliphatic carbocycles. The summed E-state index contributed by atoms with van der Waals surface area (Å²) < 4.78 is 0. The highest BCUT2D eigenvalue weighted by atomic mass is 14.9. The van der Waals surface area contributed by atoms with E-state index in [-0.39, 0.29) is 6.04 Å². The number of nitrogens with one attached hydrogen (secondary N) is 1. The average molecular weight is 477 g/mol. The van der Waals surface area contributed by atoms with E-state index in [1.165, 1.54) is 77.5 Å². The smallest absolute Gasteiger partial charge is 0.0658 e. The topological polar surface area (TPSA) is 24.9 Å². The van der Waals surface area contributed by atoms with Gasteiger partial charge in [-0.15, -0.1) is 0 Å². The van der Waals surface area contributed by atoms with E-state index in [1.807, 2.05) is 18.6 Å². The van der Waals surface area contributed by atoms with Gasteiger partial charge in [0.05, 0.1) is 6.04 Å². The molecule has 2 nitrogen and oxygen atoms in total. The van der Waals surface area contributed by atoms with Crippen molar-refractivity contribution in [1.82, 2.24) is 10.3 Å². The Morgan fingerprint density at radius 2 is 1.92 bits per heavy atom. The molecule has 0 aromatic carbocycles. The Hall–Kier alpha value is -3.13. The lowest BCUT2D eigenvalue weighted by Crippen LogP contribution is -2.29. The molecule has 1 aromatic heterocycles.